The number of benzene rings is 2. The smallest absolute Gasteiger partial charge is 0.238 e. The van der Waals surface area contributed by atoms with Crippen LogP contribution in [0.4, 0.5) is 5.69 Å². The van der Waals surface area contributed by atoms with Crippen LogP contribution in [0.3, 0.4) is 0 Å². The molecule has 2 aromatic carbocycles. The minimum Gasteiger partial charge on any atom is -0.325 e. The summed E-state index contributed by atoms with van der Waals surface area (Å²) in [6.45, 7) is 5.90. The first-order valence-electron chi connectivity index (χ1n) is 8.87. The highest BCUT2D eigenvalue weighted by molar-refractivity contribution is 8.00. The number of amides is 1. The van der Waals surface area contributed by atoms with E-state index < -0.39 is 15.3 Å². The third-order valence-electron chi connectivity index (χ3n) is 4.54. The number of carbonyl (C=O) groups is 1. The van der Waals surface area contributed by atoms with Gasteiger partial charge in [0.25, 0.3) is 0 Å². The average molecular weight is 431 g/mol. The van der Waals surface area contributed by atoms with Gasteiger partial charge in [-0.2, -0.15) is 0 Å². The second-order valence-electron chi connectivity index (χ2n) is 6.62. The molecule has 0 saturated heterocycles. The molecule has 3 N–H and O–H groups in total. The maximum absolute atomic E-state index is 12.6. The Bertz CT molecular complexity index is 1140. The molecule has 9 heteroatoms. The first-order chi connectivity index (χ1) is 13.7. The van der Waals surface area contributed by atoms with Gasteiger partial charge in [0.2, 0.25) is 15.9 Å². The number of nitrogens with zero attached hydrogens (tertiary/aromatic N) is 2. The van der Waals surface area contributed by atoms with Gasteiger partial charge in [-0.3, -0.25) is 9.36 Å². The number of imidazole rings is 1. The number of primary sulfonamides is 1. The Balaban J connectivity index is 1.73. The lowest BCUT2D eigenvalue weighted by atomic mass is 10.1. The maximum atomic E-state index is 12.6. The molecule has 29 heavy (non-hydrogen) atoms. The standard InChI is InChI=1S/C20H22N4O3S2/c1-13-5-4-6-18(14(13)2)24-12-11-22-20(24)28-15(3)19(25)23-16-7-9-17(10-8-16)29(21,26)27/h4-12,15H,1-3H3,(H,23,25)(H2,21,26,27)/t15-/m0/s1. The first-order valence-corrected chi connectivity index (χ1v) is 11.3. The van der Waals surface area contributed by atoms with Gasteiger partial charge in [-0.25, -0.2) is 18.5 Å². The fraction of sp³-hybridized carbons (Fsp3) is 0.200. The van der Waals surface area contributed by atoms with Crippen LogP contribution in [0.1, 0.15) is 18.1 Å². The Labute approximate surface area is 174 Å². The molecular weight excluding hydrogens is 408 g/mol. The number of anilines is 1. The van der Waals surface area contributed by atoms with E-state index >= 15 is 0 Å². The number of sulfonamides is 1. The van der Waals surface area contributed by atoms with Gasteiger partial charge in [-0.05, 0) is 62.2 Å². The fourth-order valence-electron chi connectivity index (χ4n) is 2.74. The number of hydrogen-bond acceptors (Lipinski definition) is 5. The molecule has 3 rings (SSSR count). The van der Waals surface area contributed by atoms with Gasteiger partial charge in [-0.15, -0.1) is 0 Å². The van der Waals surface area contributed by atoms with Crippen molar-refractivity contribution in [1.82, 2.24) is 9.55 Å². The molecule has 0 saturated carbocycles. The summed E-state index contributed by atoms with van der Waals surface area (Å²) in [4.78, 5) is 17.0. The minimum absolute atomic E-state index is 0.00604. The number of nitrogens with one attached hydrogen (secondary N) is 1. The maximum Gasteiger partial charge on any atom is 0.238 e. The number of rotatable bonds is 6. The summed E-state index contributed by atoms with van der Waals surface area (Å²) in [5.74, 6) is -0.214. The number of thioether (sulfide) groups is 1. The molecule has 1 atom stereocenters. The highest BCUT2D eigenvalue weighted by atomic mass is 32.2. The lowest BCUT2D eigenvalue weighted by Gasteiger charge is -2.15. The SMILES string of the molecule is Cc1cccc(-n2ccnc2S[C@@H](C)C(=O)Nc2ccc(S(N)(=O)=O)cc2)c1C. The predicted octanol–water partition coefficient (Wildman–Crippen LogP) is 3.26. The molecular formula is C20H22N4O3S2. The fourth-order valence-corrected chi connectivity index (χ4v) is 4.13. The Morgan fingerprint density at radius 3 is 2.52 bits per heavy atom. The molecule has 3 aromatic rings. The zero-order valence-corrected chi connectivity index (χ0v) is 17.9. The van der Waals surface area contributed by atoms with Gasteiger partial charge in [-0.1, -0.05) is 23.9 Å². The van der Waals surface area contributed by atoms with E-state index in [0.29, 0.717) is 10.8 Å². The van der Waals surface area contributed by atoms with Crippen LogP contribution in [0.2, 0.25) is 0 Å². The number of nitrogens with two attached hydrogens (primary N) is 1. The molecule has 0 unspecified atom stereocenters. The largest absolute Gasteiger partial charge is 0.325 e. The molecule has 152 valence electrons. The lowest BCUT2D eigenvalue weighted by molar-refractivity contribution is -0.115. The topological polar surface area (TPSA) is 107 Å². The Hall–Kier alpha value is -2.62. The van der Waals surface area contributed by atoms with Crippen LogP contribution in [-0.4, -0.2) is 29.1 Å². The Morgan fingerprint density at radius 2 is 1.86 bits per heavy atom. The Morgan fingerprint density at radius 1 is 1.17 bits per heavy atom. The molecule has 0 aliphatic rings. The second kappa shape index (κ2) is 8.40. The van der Waals surface area contributed by atoms with Crippen molar-refractivity contribution in [2.75, 3.05) is 5.32 Å². The number of aryl methyl sites for hydroxylation is 1. The van der Waals surface area contributed by atoms with Gasteiger partial charge < -0.3 is 5.32 Å². The highest BCUT2D eigenvalue weighted by Gasteiger charge is 2.19. The number of aromatic nitrogens is 2. The second-order valence-corrected chi connectivity index (χ2v) is 9.49. The normalized spacial score (nSPS) is 12.6. The molecule has 1 amide bonds. The monoisotopic (exact) mass is 430 g/mol. The summed E-state index contributed by atoms with van der Waals surface area (Å²) < 4.78 is 24.6. The van der Waals surface area contributed by atoms with Crippen LogP contribution >= 0.6 is 11.8 Å². The molecule has 7 nitrogen and oxygen atoms in total. The van der Waals surface area contributed by atoms with Crippen LogP contribution < -0.4 is 10.5 Å². The highest BCUT2D eigenvalue weighted by Crippen LogP contribution is 2.27. The zero-order chi connectivity index (χ0) is 21.2. The lowest BCUT2D eigenvalue weighted by Crippen LogP contribution is -2.23. The van der Waals surface area contributed by atoms with E-state index in [4.69, 9.17) is 5.14 Å². The molecule has 0 aliphatic carbocycles. The molecule has 1 aromatic heterocycles. The number of carbonyl (C=O) groups excluding carboxylic acids is 1. The van der Waals surface area contributed by atoms with E-state index in [-0.39, 0.29) is 10.8 Å². The summed E-state index contributed by atoms with van der Waals surface area (Å²) >= 11 is 1.34. The van der Waals surface area contributed by atoms with Crippen LogP contribution in [0.15, 0.2) is 64.9 Å². The van der Waals surface area contributed by atoms with Gasteiger partial charge in [0, 0.05) is 18.1 Å². The number of hydrogen-bond donors (Lipinski definition) is 2. The summed E-state index contributed by atoms with van der Waals surface area (Å²) in [7, 11) is -3.76. The zero-order valence-electron chi connectivity index (χ0n) is 16.3. The van der Waals surface area contributed by atoms with Crippen LogP contribution in [-0.2, 0) is 14.8 Å². The summed E-state index contributed by atoms with van der Waals surface area (Å²) in [6, 6.07) is 11.8. The van der Waals surface area contributed by atoms with E-state index in [1.807, 2.05) is 22.9 Å². The third kappa shape index (κ3) is 4.87. The van der Waals surface area contributed by atoms with Gasteiger partial charge >= 0.3 is 0 Å². The van der Waals surface area contributed by atoms with E-state index in [9.17, 15) is 13.2 Å². The molecule has 0 spiro atoms. The van der Waals surface area contributed by atoms with Crippen molar-refractivity contribution >= 4 is 33.4 Å². The average Bonchev–Trinajstić information content (AvgIpc) is 3.11. The summed E-state index contributed by atoms with van der Waals surface area (Å²) in [5.41, 5.74) is 3.85. The summed E-state index contributed by atoms with van der Waals surface area (Å²) in [6.07, 6.45) is 3.58. The minimum atomic E-state index is -3.76. The summed E-state index contributed by atoms with van der Waals surface area (Å²) in [5, 5.41) is 8.16. The van der Waals surface area contributed by atoms with Gasteiger partial charge in [0.1, 0.15) is 0 Å². The molecule has 1 heterocycles. The molecule has 0 bridgehead atoms. The van der Waals surface area contributed by atoms with Crippen LogP contribution in [0.5, 0.6) is 0 Å². The van der Waals surface area contributed by atoms with Crippen molar-refractivity contribution in [2.45, 2.75) is 36.1 Å². The van der Waals surface area contributed by atoms with Crippen molar-refractivity contribution in [3.05, 3.63) is 66.0 Å². The first kappa shape index (κ1) is 21.1. The van der Waals surface area contributed by atoms with Gasteiger partial charge in [0.15, 0.2) is 5.16 Å². The predicted molar refractivity (Wildman–Crippen MR) is 115 cm³/mol. The van der Waals surface area contributed by atoms with E-state index in [1.54, 1.807) is 13.1 Å². The Kier molecular flexibility index (Phi) is 6.11. The van der Waals surface area contributed by atoms with Crippen molar-refractivity contribution in [3.63, 3.8) is 0 Å². The molecule has 0 radical (unpaired) electrons. The van der Waals surface area contributed by atoms with Crippen molar-refractivity contribution in [1.29, 1.82) is 0 Å². The van der Waals surface area contributed by atoms with Crippen molar-refractivity contribution in [3.8, 4) is 5.69 Å². The third-order valence-corrected chi connectivity index (χ3v) is 6.55. The van der Waals surface area contributed by atoms with Crippen LogP contribution in [0, 0.1) is 13.8 Å². The van der Waals surface area contributed by atoms with Gasteiger partial charge in [0.05, 0.1) is 15.8 Å². The van der Waals surface area contributed by atoms with E-state index in [0.717, 1.165) is 11.3 Å². The molecule has 0 aliphatic heterocycles. The van der Waals surface area contributed by atoms with E-state index in [2.05, 4.69) is 30.2 Å². The van der Waals surface area contributed by atoms with Crippen LogP contribution in [0.25, 0.3) is 5.69 Å². The van der Waals surface area contributed by atoms with Crippen molar-refractivity contribution in [2.24, 2.45) is 5.14 Å². The molecule has 0 fully saturated rings. The quantitative estimate of drug-likeness (QED) is 0.584. The van der Waals surface area contributed by atoms with E-state index in [1.165, 1.54) is 41.6 Å². The van der Waals surface area contributed by atoms with Crippen molar-refractivity contribution < 1.29 is 13.2 Å².